The SMILES string of the molecule is C=CCC1CCC(c2cccc(Br)c2)CC1. The fraction of sp³-hybridized carbons (Fsp3) is 0.467. The molecule has 0 saturated heterocycles. The van der Waals surface area contributed by atoms with Crippen LogP contribution < -0.4 is 0 Å². The van der Waals surface area contributed by atoms with Crippen molar-refractivity contribution in [1.82, 2.24) is 0 Å². The van der Waals surface area contributed by atoms with Gasteiger partial charge in [-0.15, -0.1) is 6.58 Å². The van der Waals surface area contributed by atoms with Crippen LogP contribution in [0, 0.1) is 5.92 Å². The molecule has 0 amide bonds. The Balaban J connectivity index is 1.96. The summed E-state index contributed by atoms with van der Waals surface area (Å²) in [6, 6.07) is 8.80. The van der Waals surface area contributed by atoms with Crippen molar-refractivity contribution >= 4 is 15.9 Å². The summed E-state index contributed by atoms with van der Waals surface area (Å²) >= 11 is 3.55. The number of hydrogen-bond donors (Lipinski definition) is 0. The minimum atomic E-state index is 0.776. The Morgan fingerprint density at radius 2 is 2.00 bits per heavy atom. The molecule has 1 aromatic carbocycles. The smallest absolute Gasteiger partial charge is 0.0178 e. The zero-order valence-electron chi connectivity index (χ0n) is 9.66. The summed E-state index contributed by atoms with van der Waals surface area (Å²) in [7, 11) is 0. The summed E-state index contributed by atoms with van der Waals surface area (Å²) in [5, 5.41) is 0. The average molecular weight is 279 g/mol. The Bertz CT molecular complexity index is 348. The first kappa shape index (κ1) is 11.9. The van der Waals surface area contributed by atoms with Gasteiger partial charge in [0.05, 0.1) is 0 Å². The van der Waals surface area contributed by atoms with Crippen LogP contribution in [0.15, 0.2) is 41.4 Å². The normalized spacial score (nSPS) is 25.3. The molecule has 1 aromatic rings. The zero-order chi connectivity index (χ0) is 11.4. The van der Waals surface area contributed by atoms with Crippen molar-refractivity contribution in [3.05, 3.63) is 47.0 Å². The maximum absolute atomic E-state index is 3.84. The van der Waals surface area contributed by atoms with Gasteiger partial charge < -0.3 is 0 Å². The van der Waals surface area contributed by atoms with E-state index in [0.717, 1.165) is 11.8 Å². The molecule has 0 aliphatic heterocycles. The summed E-state index contributed by atoms with van der Waals surface area (Å²) in [6.07, 6.45) is 8.69. The molecule has 1 aliphatic rings. The van der Waals surface area contributed by atoms with E-state index in [-0.39, 0.29) is 0 Å². The van der Waals surface area contributed by atoms with Gasteiger partial charge in [-0.3, -0.25) is 0 Å². The number of benzene rings is 1. The van der Waals surface area contributed by atoms with E-state index in [0.29, 0.717) is 0 Å². The highest BCUT2D eigenvalue weighted by molar-refractivity contribution is 9.10. The summed E-state index contributed by atoms with van der Waals surface area (Å²) < 4.78 is 1.21. The molecule has 0 unspecified atom stereocenters. The summed E-state index contributed by atoms with van der Waals surface area (Å²) in [6.45, 7) is 3.84. The Morgan fingerprint density at radius 1 is 1.25 bits per heavy atom. The molecule has 1 aliphatic carbocycles. The van der Waals surface area contributed by atoms with E-state index in [1.165, 1.54) is 42.1 Å². The van der Waals surface area contributed by atoms with E-state index in [1.807, 2.05) is 0 Å². The molecule has 0 radical (unpaired) electrons. The van der Waals surface area contributed by atoms with Crippen LogP contribution in [0.1, 0.15) is 43.6 Å². The third-order valence-corrected chi connectivity index (χ3v) is 4.16. The quantitative estimate of drug-likeness (QED) is 0.659. The number of rotatable bonds is 3. The second-order valence-corrected chi connectivity index (χ2v) is 5.71. The molecule has 0 atom stereocenters. The summed E-state index contributed by atoms with van der Waals surface area (Å²) in [4.78, 5) is 0. The van der Waals surface area contributed by atoms with Gasteiger partial charge in [-0.1, -0.05) is 34.1 Å². The lowest BCUT2D eigenvalue weighted by Gasteiger charge is -2.28. The minimum Gasteiger partial charge on any atom is -0.103 e. The lowest BCUT2D eigenvalue weighted by Crippen LogP contribution is -2.12. The van der Waals surface area contributed by atoms with Crippen LogP contribution in [0.2, 0.25) is 0 Å². The number of hydrogen-bond acceptors (Lipinski definition) is 0. The molecule has 0 bridgehead atoms. The maximum Gasteiger partial charge on any atom is 0.0178 e. The molecule has 1 heteroatoms. The molecule has 16 heavy (non-hydrogen) atoms. The van der Waals surface area contributed by atoms with Gasteiger partial charge in [0.2, 0.25) is 0 Å². The van der Waals surface area contributed by atoms with E-state index < -0.39 is 0 Å². The Morgan fingerprint density at radius 3 is 2.62 bits per heavy atom. The Labute approximate surface area is 107 Å². The molecule has 1 fully saturated rings. The van der Waals surface area contributed by atoms with E-state index >= 15 is 0 Å². The van der Waals surface area contributed by atoms with Crippen LogP contribution in [-0.4, -0.2) is 0 Å². The molecular formula is C15H19Br. The van der Waals surface area contributed by atoms with Gasteiger partial charge in [0, 0.05) is 4.47 Å². The van der Waals surface area contributed by atoms with Gasteiger partial charge in [0.15, 0.2) is 0 Å². The van der Waals surface area contributed by atoms with Crippen LogP contribution in [0.3, 0.4) is 0 Å². The highest BCUT2D eigenvalue weighted by Crippen LogP contribution is 2.37. The molecule has 0 N–H and O–H groups in total. The fourth-order valence-electron chi connectivity index (χ4n) is 2.73. The largest absolute Gasteiger partial charge is 0.103 e. The maximum atomic E-state index is 3.84. The molecule has 0 aromatic heterocycles. The third-order valence-electron chi connectivity index (χ3n) is 3.67. The van der Waals surface area contributed by atoms with Crippen LogP contribution in [-0.2, 0) is 0 Å². The van der Waals surface area contributed by atoms with Gasteiger partial charge in [-0.25, -0.2) is 0 Å². The Kier molecular flexibility index (Phi) is 4.22. The van der Waals surface area contributed by atoms with Crippen molar-refractivity contribution in [1.29, 1.82) is 0 Å². The van der Waals surface area contributed by atoms with Crippen LogP contribution in [0.5, 0.6) is 0 Å². The number of allylic oxidation sites excluding steroid dienone is 1. The van der Waals surface area contributed by atoms with E-state index in [2.05, 4.69) is 52.9 Å². The first-order valence-electron chi connectivity index (χ1n) is 6.16. The summed E-state index contributed by atoms with van der Waals surface area (Å²) in [5.41, 5.74) is 1.51. The molecule has 86 valence electrons. The van der Waals surface area contributed by atoms with Gasteiger partial charge >= 0.3 is 0 Å². The Hall–Kier alpha value is -0.560. The van der Waals surface area contributed by atoms with Crippen LogP contribution >= 0.6 is 15.9 Å². The number of halogens is 1. The average Bonchev–Trinajstić information content (AvgIpc) is 2.30. The van der Waals surface area contributed by atoms with Crippen molar-refractivity contribution in [2.75, 3.05) is 0 Å². The van der Waals surface area contributed by atoms with Crippen molar-refractivity contribution in [2.45, 2.75) is 38.0 Å². The molecule has 0 heterocycles. The zero-order valence-corrected chi connectivity index (χ0v) is 11.2. The molecule has 1 saturated carbocycles. The van der Waals surface area contributed by atoms with Gasteiger partial charge in [0.25, 0.3) is 0 Å². The van der Waals surface area contributed by atoms with Gasteiger partial charge in [-0.2, -0.15) is 0 Å². The van der Waals surface area contributed by atoms with Crippen molar-refractivity contribution in [2.24, 2.45) is 5.92 Å². The minimum absolute atomic E-state index is 0.776. The highest BCUT2D eigenvalue weighted by Gasteiger charge is 2.21. The highest BCUT2D eigenvalue weighted by atomic mass is 79.9. The van der Waals surface area contributed by atoms with Gasteiger partial charge in [-0.05, 0) is 61.6 Å². The molecule has 0 nitrogen and oxygen atoms in total. The van der Waals surface area contributed by atoms with Crippen LogP contribution in [0.25, 0.3) is 0 Å². The second-order valence-electron chi connectivity index (χ2n) is 4.80. The lowest BCUT2D eigenvalue weighted by molar-refractivity contribution is 0.328. The fourth-order valence-corrected chi connectivity index (χ4v) is 3.14. The van der Waals surface area contributed by atoms with E-state index in [9.17, 15) is 0 Å². The first-order valence-corrected chi connectivity index (χ1v) is 6.95. The monoisotopic (exact) mass is 278 g/mol. The van der Waals surface area contributed by atoms with Crippen LogP contribution in [0.4, 0.5) is 0 Å². The topological polar surface area (TPSA) is 0 Å². The van der Waals surface area contributed by atoms with Crippen molar-refractivity contribution < 1.29 is 0 Å². The lowest BCUT2D eigenvalue weighted by atomic mass is 9.78. The summed E-state index contributed by atoms with van der Waals surface area (Å²) in [5.74, 6) is 1.67. The standard InChI is InChI=1S/C15H19Br/c1-2-4-12-7-9-13(10-8-12)14-5-3-6-15(16)11-14/h2-3,5-6,11-13H,1,4,7-10H2. The first-order chi connectivity index (χ1) is 7.79. The molecule has 0 spiro atoms. The molecule has 2 rings (SSSR count). The predicted molar refractivity (Wildman–Crippen MR) is 73.7 cm³/mol. The van der Waals surface area contributed by atoms with Crippen molar-refractivity contribution in [3.8, 4) is 0 Å². The third kappa shape index (κ3) is 2.98. The van der Waals surface area contributed by atoms with E-state index in [4.69, 9.17) is 0 Å². The van der Waals surface area contributed by atoms with Gasteiger partial charge in [0.1, 0.15) is 0 Å². The second kappa shape index (κ2) is 5.67. The molecular weight excluding hydrogens is 260 g/mol. The van der Waals surface area contributed by atoms with Crippen molar-refractivity contribution in [3.63, 3.8) is 0 Å². The predicted octanol–water partition coefficient (Wildman–Crippen LogP) is 5.30. The van der Waals surface area contributed by atoms with E-state index in [1.54, 1.807) is 0 Å².